The van der Waals surface area contributed by atoms with Gasteiger partial charge >= 0.3 is 6.03 Å². The van der Waals surface area contributed by atoms with E-state index in [0.29, 0.717) is 11.5 Å². The third-order valence-corrected chi connectivity index (χ3v) is 4.86. The molecule has 0 spiro atoms. The lowest BCUT2D eigenvalue weighted by Gasteiger charge is -1.98. The third kappa shape index (κ3) is 3.09. The van der Waals surface area contributed by atoms with E-state index in [1.807, 2.05) is 30.3 Å². The summed E-state index contributed by atoms with van der Waals surface area (Å²) in [4.78, 5) is 18.0. The highest BCUT2D eigenvalue weighted by Crippen LogP contribution is 2.33. The average Bonchev–Trinajstić information content (AvgIpc) is 3.28. The van der Waals surface area contributed by atoms with Crippen LogP contribution in [0.2, 0.25) is 0 Å². The Hall–Kier alpha value is -3.19. The van der Waals surface area contributed by atoms with Crippen molar-refractivity contribution in [3.8, 4) is 21.0 Å². The molecule has 4 rings (SSSR count). The van der Waals surface area contributed by atoms with Gasteiger partial charge in [0.05, 0.1) is 11.1 Å². The van der Waals surface area contributed by atoms with Gasteiger partial charge in [0.25, 0.3) is 0 Å². The second-order valence-electron chi connectivity index (χ2n) is 5.38. The molecular weight excluding hydrogens is 334 g/mol. The van der Waals surface area contributed by atoms with Gasteiger partial charge in [0.15, 0.2) is 11.5 Å². The summed E-state index contributed by atoms with van der Waals surface area (Å²) in [7, 11) is 1.56. The quantitative estimate of drug-likeness (QED) is 0.590. The number of carbonyl (C=O) groups is 1. The van der Waals surface area contributed by atoms with E-state index in [-0.39, 0.29) is 6.03 Å². The molecule has 3 aromatic heterocycles. The zero-order valence-electron chi connectivity index (χ0n) is 13.4. The molecule has 7 heteroatoms. The van der Waals surface area contributed by atoms with Crippen LogP contribution in [0, 0.1) is 0 Å². The van der Waals surface area contributed by atoms with Crippen molar-refractivity contribution in [1.82, 2.24) is 19.9 Å². The Kier molecular flexibility index (Phi) is 3.91. The minimum atomic E-state index is -0.311. The summed E-state index contributed by atoms with van der Waals surface area (Å²) in [6.45, 7) is 0. The van der Waals surface area contributed by atoms with Crippen LogP contribution in [0.15, 0.2) is 60.8 Å². The second-order valence-corrected chi connectivity index (χ2v) is 6.47. The van der Waals surface area contributed by atoms with E-state index in [1.165, 1.54) is 10.4 Å². The lowest BCUT2D eigenvalue weighted by atomic mass is 10.2. The second kappa shape index (κ2) is 6.37. The van der Waals surface area contributed by atoms with E-state index in [4.69, 9.17) is 0 Å². The highest BCUT2D eigenvalue weighted by atomic mass is 32.1. The molecule has 0 bridgehead atoms. The fraction of sp³-hybridized carbons (Fsp3) is 0.0556. The highest BCUT2D eigenvalue weighted by Gasteiger charge is 2.09. The van der Waals surface area contributed by atoms with Crippen molar-refractivity contribution in [2.75, 3.05) is 12.4 Å². The van der Waals surface area contributed by atoms with Crippen molar-refractivity contribution >= 4 is 28.8 Å². The first-order valence-electron chi connectivity index (χ1n) is 7.74. The van der Waals surface area contributed by atoms with Crippen molar-refractivity contribution in [2.24, 2.45) is 0 Å². The monoisotopic (exact) mass is 349 g/mol. The van der Waals surface area contributed by atoms with Crippen molar-refractivity contribution < 1.29 is 4.79 Å². The number of carbonyl (C=O) groups excluding carboxylic acids is 1. The molecule has 124 valence electrons. The number of urea groups is 1. The van der Waals surface area contributed by atoms with Crippen LogP contribution in [0.3, 0.4) is 0 Å². The van der Waals surface area contributed by atoms with Crippen LogP contribution < -0.4 is 10.6 Å². The zero-order valence-corrected chi connectivity index (χ0v) is 14.2. The summed E-state index contributed by atoms with van der Waals surface area (Å²) in [6.07, 6.45) is 1.69. The number of hydrogen-bond donors (Lipinski definition) is 2. The molecule has 0 saturated heterocycles. The van der Waals surface area contributed by atoms with Crippen molar-refractivity contribution in [3.63, 3.8) is 0 Å². The topological polar surface area (TPSA) is 71.3 Å². The average molecular weight is 349 g/mol. The van der Waals surface area contributed by atoms with Crippen LogP contribution in [0.4, 0.5) is 10.6 Å². The Morgan fingerprint density at radius 1 is 1.04 bits per heavy atom. The van der Waals surface area contributed by atoms with E-state index in [2.05, 4.69) is 45.0 Å². The summed E-state index contributed by atoms with van der Waals surface area (Å²) in [5.41, 5.74) is 2.73. The number of anilines is 1. The molecule has 25 heavy (non-hydrogen) atoms. The highest BCUT2D eigenvalue weighted by molar-refractivity contribution is 7.18. The Balaban J connectivity index is 1.65. The van der Waals surface area contributed by atoms with Gasteiger partial charge in [-0.05, 0) is 29.8 Å². The summed E-state index contributed by atoms with van der Waals surface area (Å²) >= 11 is 1.69. The number of nitrogens with zero attached hydrogens (tertiary/aromatic N) is 3. The number of rotatable bonds is 3. The normalized spacial score (nSPS) is 10.8. The minimum Gasteiger partial charge on any atom is -0.341 e. The number of aromatic nitrogens is 3. The van der Waals surface area contributed by atoms with E-state index in [1.54, 1.807) is 29.1 Å². The largest absolute Gasteiger partial charge is 0.341 e. The summed E-state index contributed by atoms with van der Waals surface area (Å²) < 4.78 is 1.67. The van der Waals surface area contributed by atoms with Crippen LogP contribution in [0.5, 0.6) is 0 Å². The summed E-state index contributed by atoms with van der Waals surface area (Å²) in [5.74, 6) is 0.458. The van der Waals surface area contributed by atoms with Gasteiger partial charge in [0.1, 0.15) is 5.69 Å². The molecule has 2 amide bonds. The van der Waals surface area contributed by atoms with Crippen LogP contribution in [0.1, 0.15) is 0 Å². The molecule has 0 unspecified atom stereocenters. The number of nitrogens with one attached hydrogen (secondary N) is 2. The van der Waals surface area contributed by atoms with Crippen LogP contribution in [-0.2, 0) is 0 Å². The maximum absolute atomic E-state index is 11.4. The van der Waals surface area contributed by atoms with Gasteiger partial charge < -0.3 is 5.32 Å². The predicted octanol–water partition coefficient (Wildman–Crippen LogP) is 3.88. The van der Waals surface area contributed by atoms with Crippen molar-refractivity contribution in [1.29, 1.82) is 0 Å². The first kappa shape index (κ1) is 15.3. The Labute approximate surface area is 148 Å². The van der Waals surface area contributed by atoms with Gasteiger partial charge in [-0.1, -0.05) is 30.3 Å². The molecular formula is C18H15N5OS. The van der Waals surface area contributed by atoms with Gasteiger partial charge in [-0.2, -0.15) is 5.10 Å². The fourth-order valence-electron chi connectivity index (χ4n) is 2.49. The Morgan fingerprint density at radius 3 is 2.64 bits per heavy atom. The van der Waals surface area contributed by atoms with E-state index < -0.39 is 0 Å². The lowest BCUT2D eigenvalue weighted by molar-refractivity contribution is 0.254. The van der Waals surface area contributed by atoms with E-state index in [0.717, 1.165) is 10.6 Å². The summed E-state index contributed by atoms with van der Waals surface area (Å²) in [6, 6.07) is 18.0. The fourth-order valence-corrected chi connectivity index (χ4v) is 3.46. The smallest absolute Gasteiger partial charge is 0.320 e. The third-order valence-electron chi connectivity index (χ3n) is 3.71. The molecule has 1 aromatic carbocycles. The molecule has 2 N–H and O–H groups in total. The molecule has 0 saturated carbocycles. The van der Waals surface area contributed by atoms with E-state index in [9.17, 15) is 4.79 Å². The van der Waals surface area contributed by atoms with Gasteiger partial charge in [0.2, 0.25) is 0 Å². The number of fused-ring (bicyclic) bond motifs is 1. The van der Waals surface area contributed by atoms with Gasteiger partial charge in [-0.25, -0.2) is 14.3 Å². The number of amides is 2. The Morgan fingerprint density at radius 2 is 1.84 bits per heavy atom. The van der Waals surface area contributed by atoms with Crippen molar-refractivity contribution in [3.05, 3.63) is 60.8 Å². The molecule has 0 radical (unpaired) electrons. The van der Waals surface area contributed by atoms with Crippen molar-refractivity contribution in [2.45, 2.75) is 0 Å². The number of benzene rings is 1. The molecule has 0 aliphatic heterocycles. The molecule has 0 aliphatic rings. The molecule has 3 heterocycles. The molecule has 0 fully saturated rings. The maximum Gasteiger partial charge on any atom is 0.320 e. The van der Waals surface area contributed by atoms with Crippen LogP contribution in [-0.4, -0.2) is 27.7 Å². The van der Waals surface area contributed by atoms with Gasteiger partial charge in [0, 0.05) is 11.9 Å². The molecule has 4 aromatic rings. The molecule has 0 aliphatic carbocycles. The molecule has 6 nitrogen and oxygen atoms in total. The van der Waals surface area contributed by atoms with E-state index >= 15 is 0 Å². The van der Waals surface area contributed by atoms with Gasteiger partial charge in [-0.3, -0.25) is 5.32 Å². The minimum absolute atomic E-state index is 0.311. The SMILES string of the molecule is CNC(=O)Nc1cn2nc(-c3ccc(-c4ccccc4)s3)ccc2n1. The number of thiophene rings is 1. The lowest BCUT2D eigenvalue weighted by Crippen LogP contribution is -2.24. The Bertz CT molecular complexity index is 1040. The number of imidazole rings is 1. The predicted molar refractivity (Wildman–Crippen MR) is 99.8 cm³/mol. The van der Waals surface area contributed by atoms with Crippen LogP contribution in [0.25, 0.3) is 26.7 Å². The molecule has 0 atom stereocenters. The van der Waals surface area contributed by atoms with Gasteiger partial charge in [-0.15, -0.1) is 11.3 Å². The number of hydrogen-bond acceptors (Lipinski definition) is 4. The first-order chi connectivity index (χ1) is 12.2. The zero-order chi connectivity index (χ0) is 17.2. The maximum atomic E-state index is 11.4. The first-order valence-corrected chi connectivity index (χ1v) is 8.55. The standard InChI is InChI=1S/C18H15N5OS/c1-19-18(24)21-16-11-23-17(20-16)10-7-13(22-23)15-9-8-14(25-15)12-5-3-2-4-6-12/h2-11H,1H3,(H2,19,21,24). The summed E-state index contributed by atoms with van der Waals surface area (Å²) in [5, 5.41) is 9.74. The van der Waals surface area contributed by atoms with Crippen LogP contribution >= 0.6 is 11.3 Å².